The van der Waals surface area contributed by atoms with E-state index in [1.54, 1.807) is 0 Å². The minimum atomic E-state index is -0.566. The fraction of sp³-hybridized carbons (Fsp3) is 0.462. The zero-order valence-corrected chi connectivity index (χ0v) is 10.1. The summed E-state index contributed by atoms with van der Waals surface area (Å²) in [5.74, 6) is -0.571. The van der Waals surface area contributed by atoms with Crippen molar-refractivity contribution in [1.82, 2.24) is 5.32 Å². The predicted molar refractivity (Wildman–Crippen MR) is 66.7 cm³/mol. The van der Waals surface area contributed by atoms with Crippen LogP contribution in [0.3, 0.4) is 0 Å². The molecule has 0 aromatic heterocycles. The van der Waals surface area contributed by atoms with Crippen LogP contribution >= 0.6 is 0 Å². The highest BCUT2D eigenvalue weighted by Gasteiger charge is 2.17. The predicted octanol–water partition coefficient (Wildman–Crippen LogP) is 1.56. The molecule has 1 amide bonds. The van der Waals surface area contributed by atoms with Gasteiger partial charge in [0.2, 0.25) is 0 Å². The Labute approximate surface area is 105 Å². The first kappa shape index (κ1) is 12.8. The number of nitrogens with two attached hydrogens (primary N) is 1. The van der Waals surface area contributed by atoms with Crippen molar-refractivity contribution in [2.75, 3.05) is 25.5 Å². The highest BCUT2D eigenvalue weighted by molar-refractivity contribution is 5.99. The van der Waals surface area contributed by atoms with E-state index in [1.165, 1.54) is 18.2 Å². The molecule has 0 radical (unpaired) electrons. The molecule has 1 fully saturated rings. The Morgan fingerprint density at radius 1 is 1.56 bits per heavy atom. The van der Waals surface area contributed by atoms with Gasteiger partial charge in [-0.2, -0.15) is 0 Å². The van der Waals surface area contributed by atoms with Gasteiger partial charge in [-0.15, -0.1) is 0 Å². The third-order valence-electron chi connectivity index (χ3n) is 3.10. The van der Waals surface area contributed by atoms with Gasteiger partial charge in [-0.25, -0.2) is 4.39 Å². The molecule has 2 rings (SSSR count). The number of halogens is 1. The molecule has 98 valence electrons. The van der Waals surface area contributed by atoms with Gasteiger partial charge in [0.05, 0.1) is 17.9 Å². The number of nitrogens with one attached hydrogen (secondary N) is 1. The highest BCUT2D eigenvalue weighted by Crippen LogP contribution is 2.16. The van der Waals surface area contributed by atoms with Crippen molar-refractivity contribution < 1.29 is 13.9 Å². The van der Waals surface area contributed by atoms with Gasteiger partial charge in [0.1, 0.15) is 5.82 Å². The second-order valence-corrected chi connectivity index (χ2v) is 4.49. The van der Waals surface area contributed by atoms with E-state index in [1.807, 2.05) is 0 Å². The average molecular weight is 252 g/mol. The lowest BCUT2D eigenvalue weighted by molar-refractivity contribution is 0.0536. The lowest BCUT2D eigenvalue weighted by Crippen LogP contribution is -2.33. The van der Waals surface area contributed by atoms with E-state index >= 15 is 0 Å². The molecule has 1 unspecified atom stereocenters. The molecule has 0 bridgehead atoms. The largest absolute Gasteiger partial charge is 0.396 e. The number of benzene rings is 1. The van der Waals surface area contributed by atoms with Crippen molar-refractivity contribution in [3.8, 4) is 0 Å². The van der Waals surface area contributed by atoms with Crippen molar-refractivity contribution >= 4 is 11.6 Å². The van der Waals surface area contributed by atoms with Crippen molar-refractivity contribution in [2.45, 2.75) is 12.8 Å². The quantitative estimate of drug-likeness (QED) is 0.802. The van der Waals surface area contributed by atoms with Crippen LogP contribution in [0.15, 0.2) is 18.2 Å². The Bertz CT molecular complexity index is 431. The maximum absolute atomic E-state index is 13.2. The molecule has 4 nitrogen and oxygen atoms in total. The number of ether oxygens (including phenoxy) is 1. The normalized spacial score (nSPS) is 19.5. The van der Waals surface area contributed by atoms with E-state index in [9.17, 15) is 9.18 Å². The number of para-hydroxylation sites is 1. The molecule has 1 heterocycles. The van der Waals surface area contributed by atoms with Crippen LogP contribution in [0, 0.1) is 11.7 Å². The van der Waals surface area contributed by atoms with Crippen LogP contribution in [-0.2, 0) is 4.74 Å². The lowest BCUT2D eigenvalue weighted by Gasteiger charge is -2.22. The van der Waals surface area contributed by atoms with Crippen LogP contribution in [0.1, 0.15) is 23.2 Å². The van der Waals surface area contributed by atoms with E-state index in [0.717, 1.165) is 19.4 Å². The molecule has 3 N–H and O–H groups in total. The van der Waals surface area contributed by atoms with Gasteiger partial charge in [-0.1, -0.05) is 6.07 Å². The Kier molecular flexibility index (Phi) is 4.15. The average Bonchev–Trinajstić information content (AvgIpc) is 2.40. The molecule has 18 heavy (non-hydrogen) atoms. The van der Waals surface area contributed by atoms with Crippen molar-refractivity contribution in [2.24, 2.45) is 5.92 Å². The second-order valence-electron chi connectivity index (χ2n) is 4.49. The van der Waals surface area contributed by atoms with Crippen LogP contribution in [-0.4, -0.2) is 25.7 Å². The maximum Gasteiger partial charge on any atom is 0.253 e. The third kappa shape index (κ3) is 2.98. The zero-order chi connectivity index (χ0) is 13.0. The van der Waals surface area contributed by atoms with Crippen LogP contribution in [0.25, 0.3) is 0 Å². The standard InChI is InChI=1S/C13H17FN2O2/c14-11-5-1-4-10(12(11)15)13(17)16-7-9-3-2-6-18-8-9/h1,4-5,9H,2-3,6-8,15H2,(H,16,17). The van der Waals surface area contributed by atoms with Gasteiger partial charge in [0.15, 0.2) is 0 Å². The zero-order valence-electron chi connectivity index (χ0n) is 10.1. The summed E-state index contributed by atoms with van der Waals surface area (Å²) in [6, 6.07) is 4.23. The van der Waals surface area contributed by atoms with Crippen molar-refractivity contribution in [3.05, 3.63) is 29.6 Å². The van der Waals surface area contributed by atoms with Gasteiger partial charge in [0.25, 0.3) is 5.91 Å². The van der Waals surface area contributed by atoms with E-state index < -0.39 is 5.82 Å². The molecule has 1 aliphatic heterocycles. The first-order valence-electron chi connectivity index (χ1n) is 6.08. The van der Waals surface area contributed by atoms with E-state index in [0.29, 0.717) is 19.1 Å². The minimum absolute atomic E-state index is 0.102. The van der Waals surface area contributed by atoms with Gasteiger partial charge in [-0.3, -0.25) is 4.79 Å². The molecular weight excluding hydrogens is 235 g/mol. The van der Waals surface area contributed by atoms with Gasteiger partial charge < -0.3 is 15.8 Å². The number of hydrogen-bond acceptors (Lipinski definition) is 3. The Hall–Kier alpha value is -1.62. The fourth-order valence-electron chi connectivity index (χ4n) is 2.04. The monoisotopic (exact) mass is 252 g/mol. The number of amides is 1. The molecule has 1 aliphatic rings. The van der Waals surface area contributed by atoms with Crippen LogP contribution < -0.4 is 11.1 Å². The summed E-state index contributed by atoms with van der Waals surface area (Å²) >= 11 is 0. The molecule has 0 saturated carbocycles. The summed E-state index contributed by atoms with van der Waals surface area (Å²) in [4.78, 5) is 11.9. The second kappa shape index (κ2) is 5.82. The van der Waals surface area contributed by atoms with Crippen LogP contribution in [0.5, 0.6) is 0 Å². The number of nitrogen functional groups attached to an aromatic ring is 1. The number of hydrogen-bond donors (Lipinski definition) is 2. The summed E-state index contributed by atoms with van der Waals surface area (Å²) in [5, 5.41) is 2.77. The Balaban J connectivity index is 1.93. The van der Waals surface area contributed by atoms with Crippen LogP contribution in [0.2, 0.25) is 0 Å². The molecular formula is C13H17FN2O2. The SMILES string of the molecule is Nc1c(F)cccc1C(=O)NCC1CCCOC1. The summed E-state index contributed by atoms with van der Waals surface area (Å²) in [7, 11) is 0. The molecule has 5 heteroatoms. The molecule has 1 saturated heterocycles. The molecule has 0 aliphatic carbocycles. The Morgan fingerprint density at radius 2 is 2.39 bits per heavy atom. The van der Waals surface area contributed by atoms with E-state index in [2.05, 4.69) is 5.32 Å². The summed E-state index contributed by atoms with van der Waals surface area (Å²) in [5.41, 5.74) is 5.62. The lowest BCUT2D eigenvalue weighted by atomic mass is 10.0. The molecule has 0 spiro atoms. The first-order valence-corrected chi connectivity index (χ1v) is 6.08. The molecule has 1 aromatic carbocycles. The van der Waals surface area contributed by atoms with Gasteiger partial charge in [0, 0.05) is 13.2 Å². The summed E-state index contributed by atoms with van der Waals surface area (Å²) in [6.45, 7) is 2.00. The van der Waals surface area contributed by atoms with Crippen molar-refractivity contribution in [3.63, 3.8) is 0 Å². The van der Waals surface area contributed by atoms with Gasteiger partial charge >= 0.3 is 0 Å². The Morgan fingerprint density at radius 3 is 3.11 bits per heavy atom. The highest BCUT2D eigenvalue weighted by atomic mass is 19.1. The minimum Gasteiger partial charge on any atom is -0.396 e. The van der Waals surface area contributed by atoms with E-state index in [4.69, 9.17) is 10.5 Å². The van der Waals surface area contributed by atoms with Gasteiger partial charge in [-0.05, 0) is 30.9 Å². The fourth-order valence-corrected chi connectivity index (χ4v) is 2.04. The van der Waals surface area contributed by atoms with Crippen molar-refractivity contribution in [1.29, 1.82) is 0 Å². The number of carbonyl (C=O) groups excluding carboxylic acids is 1. The summed E-state index contributed by atoms with van der Waals surface area (Å²) in [6.07, 6.45) is 2.06. The first-order chi connectivity index (χ1) is 8.68. The molecule has 1 atom stereocenters. The number of anilines is 1. The molecule has 1 aromatic rings. The number of rotatable bonds is 3. The number of carbonyl (C=O) groups is 1. The summed E-state index contributed by atoms with van der Waals surface area (Å²) < 4.78 is 18.5. The van der Waals surface area contributed by atoms with Crippen LogP contribution in [0.4, 0.5) is 10.1 Å². The van der Waals surface area contributed by atoms with E-state index in [-0.39, 0.29) is 17.2 Å². The topological polar surface area (TPSA) is 64.4 Å². The third-order valence-corrected chi connectivity index (χ3v) is 3.10. The maximum atomic E-state index is 13.2. The smallest absolute Gasteiger partial charge is 0.253 e.